The predicted octanol–water partition coefficient (Wildman–Crippen LogP) is 3.75. The van der Waals surface area contributed by atoms with Crippen LogP contribution < -0.4 is 4.90 Å². The summed E-state index contributed by atoms with van der Waals surface area (Å²) in [5.74, 6) is 0.459. The molecule has 0 aliphatic carbocycles. The molecular formula is C18H16ClFN2O2S2. The van der Waals surface area contributed by atoms with E-state index in [1.54, 1.807) is 18.2 Å². The maximum atomic E-state index is 13.4. The molecule has 1 saturated heterocycles. The van der Waals surface area contributed by atoms with Crippen molar-refractivity contribution in [1.29, 1.82) is 0 Å². The monoisotopic (exact) mass is 410 g/mol. The van der Waals surface area contributed by atoms with Gasteiger partial charge in [0, 0.05) is 16.5 Å². The lowest BCUT2D eigenvalue weighted by Gasteiger charge is -2.26. The van der Waals surface area contributed by atoms with Gasteiger partial charge in [0.25, 0.3) is 0 Å². The molecule has 0 amide bonds. The number of sulfone groups is 1. The zero-order valence-electron chi connectivity index (χ0n) is 13.7. The quantitative estimate of drug-likeness (QED) is 0.773. The fourth-order valence-corrected chi connectivity index (χ4v) is 6.35. The molecule has 0 unspecified atom stereocenters. The highest BCUT2D eigenvalue weighted by molar-refractivity contribution is 8.13. The summed E-state index contributed by atoms with van der Waals surface area (Å²) < 4.78 is 37.5. The molecule has 136 valence electrons. The fraction of sp³-hybridized carbons (Fsp3) is 0.278. The third-order valence-corrected chi connectivity index (χ3v) is 7.46. The van der Waals surface area contributed by atoms with Crippen LogP contribution in [0.4, 0.5) is 10.1 Å². The van der Waals surface area contributed by atoms with Gasteiger partial charge in [0.05, 0.1) is 23.6 Å². The van der Waals surface area contributed by atoms with E-state index in [9.17, 15) is 12.8 Å². The molecule has 2 atom stereocenters. The van der Waals surface area contributed by atoms with E-state index in [1.165, 1.54) is 23.9 Å². The first-order valence-corrected chi connectivity index (χ1v) is 11.3. The standard InChI is InChI=1S/C18H16ClFN2O2S2/c19-13-4-6-15(7-5-13)22-17-11-26(23,24)10-16(17)21-18(22)25-9-12-2-1-3-14(20)8-12/h1-8,16-17H,9-11H2/t16-,17+/m0/s1. The minimum Gasteiger partial charge on any atom is -0.315 e. The van der Waals surface area contributed by atoms with Crippen LogP contribution in [0.2, 0.25) is 5.02 Å². The molecule has 2 aliphatic heterocycles. The third kappa shape index (κ3) is 3.61. The lowest BCUT2D eigenvalue weighted by Crippen LogP contribution is -2.39. The van der Waals surface area contributed by atoms with Gasteiger partial charge in [0.2, 0.25) is 0 Å². The van der Waals surface area contributed by atoms with Gasteiger partial charge in [-0.3, -0.25) is 4.99 Å². The number of benzene rings is 2. The van der Waals surface area contributed by atoms with Crippen LogP contribution >= 0.6 is 23.4 Å². The SMILES string of the molecule is O=S1(=O)C[C@@H]2N=C(SCc3cccc(F)c3)N(c3ccc(Cl)cc3)[C@@H]2C1. The second-order valence-electron chi connectivity index (χ2n) is 6.39. The number of hydrogen-bond acceptors (Lipinski definition) is 5. The van der Waals surface area contributed by atoms with Crippen LogP contribution in [0.25, 0.3) is 0 Å². The molecule has 2 aliphatic rings. The average molecular weight is 411 g/mol. The summed E-state index contributed by atoms with van der Waals surface area (Å²) in [5.41, 5.74) is 1.72. The van der Waals surface area contributed by atoms with E-state index in [-0.39, 0.29) is 29.4 Å². The van der Waals surface area contributed by atoms with E-state index in [2.05, 4.69) is 4.99 Å². The van der Waals surface area contributed by atoms with E-state index < -0.39 is 9.84 Å². The molecule has 0 radical (unpaired) electrons. The van der Waals surface area contributed by atoms with E-state index in [0.29, 0.717) is 10.8 Å². The number of thioether (sulfide) groups is 1. The highest BCUT2D eigenvalue weighted by atomic mass is 35.5. The van der Waals surface area contributed by atoms with E-state index in [0.717, 1.165) is 16.4 Å². The lowest BCUT2D eigenvalue weighted by molar-refractivity contribution is 0.601. The summed E-state index contributed by atoms with van der Waals surface area (Å²) in [6.07, 6.45) is 0. The van der Waals surface area contributed by atoms with Gasteiger partial charge in [-0.05, 0) is 42.0 Å². The maximum Gasteiger partial charge on any atom is 0.164 e. The first kappa shape index (κ1) is 17.8. The van der Waals surface area contributed by atoms with Gasteiger partial charge in [-0.25, -0.2) is 12.8 Å². The third-order valence-electron chi connectivity index (χ3n) is 4.47. The van der Waals surface area contributed by atoms with Gasteiger partial charge in [0.1, 0.15) is 5.82 Å². The number of hydrogen-bond donors (Lipinski definition) is 0. The summed E-state index contributed by atoms with van der Waals surface area (Å²) >= 11 is 7.47. The first-order chi connectivity index (χ1) is 12.4. The van der Waals surface area contributed by atoms with Gasteiger partial charge < -0.3 is 4.90 Å². The summed E-state index contributed by atoms with van der Waals surface area (Å²) in [7, 11) is -3.08. The van der Waals surface area contributed by atoms with Crippen molar-refractivity contribution < 1.29 is 12.8 Å². The van der Waals surface area contributed by atoms with Crippen LogP contribution in [0, 0.1) is 5.82 Å². The molecule has 0 saturated carbocycles. The molecule has 2 heterocycles. The Morgan fingerprint density at radius 3 is 2.69 bits per heavy atom. The van der Waals surface area contributed by atoms with Crippen molar-refractivity contribution in [3.63, 3.8) is 0 Å². The smallest absolute Gasteiger partial charge is 0.164 e. The number of anilines is 1. The van der Waals surface area contributed by atoms with Gasteiger partial charge in [-0.1, -0.05) is 35.5 Å². The Morgan fingerprint density at radius 1 is 1.19 bits per heavy atom. The molecule has 2 aromatic rings. The Hall–Kier alpha value is -1.57. The topological polar surface area (TPSA) is 49.7 Å². The minimum absolute atomic E-state index is 0.0752. The lowest BCUT2D eigenvalue weighted by atomic mass is 10.1. The number of aliphatic imine (C=N–C) groups is 1. The van der Waals surface area contributed by atoms with E-state index in [4.69, 9.17) is 11.6 Å². The van der Waals surface area contributed by atoms with Gasteiger partial charge in [-0.15, -0.1) is 0 Å². The second kappa shape index (κ2) is 6.87. The van der Waals surface area contributed by atoms with Crippen molar-refractivity contribution in [2.75, 3.05) is 16.4 Å². The van der Waals surface area contributed by atoms with E-state index >= 15 is 0 Å². The van der Waals surface area contributed by atoms with Crippen LogP contribution in [0.15, 0.2) is 53.5 Å². The van der Waals surface area contributed by atoms with Gasteiger partial charge in [0.15, 0.2) is 15.0 Å². The summed E-state index contributed by atoms with van der Waals surface area (Å²) in [6.45, 7) is 0. The maximum absolute atomic E-state index is 13.4. The zero-order chi connectivity index (χ0) is 18.3. The molecule has 4 nitrogen and oxygen atoms in total. The van der Waals surface area contributed by atoms with Crippen molar-refractivity contribution in [3.8, 4) is 0 Å². The van der Waals surface area contributed by atoms with Crippen LogP contribution in [-0.2, 0) is 15.6 Å². The Balaban J connectivity index is 1.61. The van der Waals surface area contributed by atoms with Gasteiger partial charge >= 0.3 is 0 Å². The summed E-state index contributed by atoms with van der Waals surface area (Å²) in [5, 5.41) is 1.39. The first-order valence-electron chi connectivity index (χ1n) is 8.11. The molecule has 2 aromatic carbocycles. The molecular weight excluding hydrogens is 395 g/mol. The molecule has 4 rings (SSSR count). The highest BCUT2D eigenvalue weighted by Crippen LogP contribution is 2.36. The highest BCUT2D eigenvalue weighted by Gasteiger charge is 2.47. The Bertz CT molecular complexity index is 963. The van der Waals surface area contributed by atoms with Gasteiger partial charge in [-0.2, -0.15) is 0 Å². The van der Waals surface area contributed by atoms with E-state index in [1.807, 2.05) is 23.1 Å². The van der Waals surface area contributed by atoms with Crippen molar-refractivity contribution in [1.82, 2.24) is 0 Å². The zero-order valence-corrected chi connectivity index (χ0v) is 16.1. The summed E-state index contributed by atoms with van der Waals surface area (Å²) in [6, 6.07) is 13.3. The summed E-state index contributed by atoms with van der Waals surface area (Å²) in [4.78, 5) is 6.64. The second-order valence-corrected chi connectivity index (χ2v) is 9.92. The Kier molecular flexibility index (Phi) is 4.71. The number of fused-ring (bicyclic) bond motifs is 1. The molecule has 0 N–H and O–H groups in total. The number of nitrogens with zero attached hydrogens (tertiary/aromatic N) is 2. The van der Waals surface area contributed by atoms with Crippen molar-refractivity contribution >= 4 is 44.1 Å². The molecule has 0 aromatic heterocycles. The average Bonchev–Trinajstić information content (AvgIpc) is 3.05. The Morgan fingerprint density at radius 2 is 1.96 bits per heavy atom. The van der Waals surface area contributed by atoms with Crippen LogP contribution in [0.5, 0.6) is 0 Å². The fourth-order valence-electron chi connectivity index (χ4n) is 3.31. The van der Waals surface area contributed by atoms with Crippen LogP contribution in [-0.4, -0.2) is 37.2 Å². The number of amidine groups is 1. The Labute approximate surface area is 161 Å². The molecule has 0 bridgehead atoms. The van der Waals surface area contributed by atoms with Crippen LogP contribution in [0.3, 0.4) is 0 Å². The minimum atomic E-state index is -3.08. The predicted molar refractivity (Wildman–Crippen MR) is 105 cm³/mol. The van der Waals surface area contributed by atoms with Crippen molar-refractivity contribution in [2.24, 2.45) is 4.99 Å². The normalized spacial score (nSPS) is 23.8. The largest absolute Gasteiger partial charge is 0.315 e. The van der Waals surface area contributed by atoms with Crippen LogP contribution in [0.1, 0.15) is 5.56 Å². The number of halogens is 2. The molecule has 26 heavy (non-hydrogen) atoms. The number of rotatable bonds is 3. The van der Waals surface area contributed by atoms with Crippen molar-refractivity contribution in [3.05, 3.63) is 64.9 Å². The molecule has 8 heteroatoms. The van der Waals surface area contributed by atoms with Crippen molar-refractivity contribution in [2.45, 2.75) is 17.8 Å². The molecule has 1 fully saturated rings. The molecule has 0 spiro atoms.